The number of aromatic nitrogens is 2. The van der Waals surface area contributed by atoms with E-state index in [0.717, 1.165) is 37.3 Å². The number of hydrogen-bond acceptors (Lipinski definition) is 4. The van der Waals surface area contributed by atoms with Crippen LogP contribution in [-0.2, 0) is 11.3 Å². The van der Waals surface area contributed by atoms with Gasteiger partial charge in [-0.1, -0.05) is 12.1 Å². The molecule has 0 aliphatic carbocycles. The largest absolute Gasteiger partial charge is 0.485 e. The minimum atomic E-state index is -0.573. The SMILES string of the molecule is Cc1cc(C)n(C[C@@H]2CCCN2C(=O)[C@H]2COc3ccccc3O2)n1. The third kappa shape index (κ3) is 3.08. The minimum absolute atomic E-state index is 0.0125. The second-order valence-electron chi connectivity index (χ2n) is 6.80. The van der Waals surface area contributed by atoms with Gasteiger partial charge in [0, 0.05) is 12.2 Å². The van der Waals surface area contributed by atoms with E-state index in [2.05, 4.69) is 18.1 Å². The van der Waals surface area contributed by atoms with Gasteiger partial charge in [0.2, 0.25) is 6.10 Å². The molecule has 0 spiro atoms. The Hall–Kier alpha value is -2.50. The number of carbonyl (C=O) groups is 1. The number of benzene rings is 1. The Kier molecular flexibility index (Phi) is 4.11. The van der Waals surface area contributed by atoms with Gasteiger partial charge in [0.15, 0.2) is 11.5 Å². The first kappa shape index (κ1) is 16.0. The highest BCUT2D eigenvalue weighted by Gasteiger charge is 2.37. The molecular weight excluding hydrogens is 318 g/mol. The molecule has 6 nitrogen and oxygen atoms in total. The van der Waals surface area contributed by atoms with Crippen LogP contribution in [-0.4, -0.2) is 45.9 Å². The number of ether oxygens (including phenoxy) is 2. The average Bonchev–Trinajstić information content (AvgIpc) is 3.20. The van der Waals surface area contributed by atoms with Crippen LogP contribution in [0.4, 0.5) is 0 Å². The van der Waals surface area contributed by atoms with Gasteiger partial charge in [0.1, 0.15) is 6.61 Å². The van der Waals surface area contributed by atoms with Gasteiger partial charge < -0.3 is 14.4 Å². The van der Waals surface area contributed by atoms with E-state index in [4.69, 9.17) is 9.47 Å². The summed E-state index contributed by atoms with van der Waals surface area (Å²) in [4.78, 5) is 14.9. The maximum atomic E-state index is 13.0. The predicted octanol–water partition coefficient (Wildman–Crippen LogP) is 2.33. The summed E-state index contributed by atoms with van der Waals surface area (Å²) in [6.07, 6.45) is 1.43. The summed E-state index contributed by atoms with van der Waals surface area (Å²) in [6, 6.07) is 9.71. The van der Waals surface area contributed by atoms with Crippen LogP contribution < -0.4 is 9.47 Å². The molecule has 0 unspecified atom stereocenters. The van der Waals surface area contributed by atoms with Crippen molar-refractivity contribution in [3.8, 4) is 11.5 Å². The van der Waals surface area contributed by atoms with Crippen molar-refractivity contribution in [1.82, 2.24) is 14.7 Å². The molecule has 25 heavy (non-hydrogen) atoms. The molecule has 132 valence electrons. The molecule has 4 rings (SSSR count). The molecule has 1 fully saturated rings. The topological polar surface area (TPSA) is 56.6 Å². The summed E-state index contributed by atoms with van der Waals surface area (Å²) in [7, 11) is 0. The number of rotatable bonds is 3. The van der Waals surface area contributed by atoms with E-state index in [1.54, 1.807) is 0 Å². The van der Waals surface area contributed by atoms with Crippen molar-refractivity contribution < 1.29 is 14.3 Å². The van der Waals surface area contributed by atoms with Crippen molar-refractivity contribution in [3.05, 3.63) is 41.7 Å². The molecule has 2 aromatic rings. The third-order valence-electron chi connectivity index (χ3n) is 4.93. The van der Waals surface area contributed by atoms with Crippen molar-refractivity contribution in [2.75, 3.05) is 13.2 Å². The molecule has 1 amide bonds. The smallest absolute Gasteiger partial charge is 0.267 e. The standard InChI is InChI=1S/C19H23N3O3/c1-13-10-14(2)22(20-13)11-15-6-5-9-21(15)19(23)18-12-24-16-7-3-4-8-17(16)25-18/h3-4,7-8,10,15,18H,5-6,9,11-12H2,1-2H3/t15-,18+/m0/s1. The highest BCUT2D eigenvalue weighted by molar-refractivity contribution is 5.82. The van der Waals surface area contributed by atoms with Crippen LogP contribution in [0.3, 0.4) is 0 Å². The van der Waals surface area contributed by atoms with Gasteiger partial charge >= 0.3 is 0 Å². The summed E-state index contributed by atoms with van der Waals surface area (Å²) < 4.78 is 13.6. The Labute approximate surface area is 147 Å². The maximum Gasteiger partial charge on any atom is 0.267 e. The van der Waals surface area contributed by atoms with Gasteiger partial charge in [0.25, 0.3) is 5.91 Å². The zero-order valence-electron chi connectivity index (χ0n) is 14.6. The zero-order chi connectivity index (χ0) is 17.4. The molecule has 6 heteroatoms. The molecule has 0 saturated carbocycles. The lowest BCUT2D eigenvalue weighted by Gasteiger charge is -2.31. The van der Waals surface area contributed by atoms with Crippen molar-refractivity contribution in [1.29, 1.82) is 0 Å². The first-order valence-corrected chi connectivity index (χ1v) is 8.82. The third-order valence-corrected chi connectivity index (χ3v) is 4.93. The molecule has 1 saturated heterocycles. The van der Waals surface area contributed by atoms with Crippen LogP contribution in [0.15, 0.2) is 30.3 Å². The fourth-order valence-electron chi connectivity index (χ4n) is 3.70. The maximum absolute atomic E-state index is 13.0. The molecule has 3 heterocycles. The fraction of sp³-hybridized carbons (Fsp3) is 0.474. The molecule has 2 aliphatic heterocycles. The Morgan fingerprint density at radius 3 is 2.84 bits per heavy atom. The highest BCUT2D eigenvalue weighted by Crippen LogP contribution is 2.32. The summed E-state index contributed by atoms with van der Waals surface area (Å²) in [6.45, 7) is 5.81. The van der Waals surface area contributed by atoms with Crippen LogP contribution >= 0.6 is 0 Å². The summed E-state index contributed by atoms with van der Waals surface area (Å²) in [5, 5.41) is 4.53. The molecular formula is C19H23N3O3. The lowest BCUT2D eigenvalue weighted by molar-refractivity contribution is -0.142. The molecule has 2 aliphatic rings. The minimum Gasteiger partial charge on any atom is -0.485 e. The number of likely N-dealkylation sites (tertiary alicyclic amines) is 1. The van der Waals surface area contributed by atoms with E-state index in [1.165, 1.54) is 0 Å². The van der Waals surface area contributed by atoms with E-state index in [0.29, 0.717) is 11.5 Å². The molecule has 0 N–H and O–H groups in total. The van der Waals surface area contributed by atoms with Crippen molar-refractivity contribution in [3.63, 3.8) is 0 Å². The van der Waals surface area contributed by atoms with Crippen LogP contribution in [0.1, 0.15) is 24.2 Å². The molecule has 0 bridgehead atoms. The van der Waals surface area contributed by atoms with Crippen molar-refractivity contribution in [2.24, 2.45) is 0 Å². The second-order valence-corrected chi connectivity index (χ2v) is 6.80. The van der Waals surface area contributed by atoms with E-state index >= 15 is 0 Å². The number of amides is 1. The van der Waals surface area contributed by atoms with E-state index in [9.17, 15) is 4.79 Å². The fourth-order valence-corrected chi connectivity index (χ4v) is 3.70. The highest BCUT2D eigenvalue weighted by atomic mass is 16.6. The van der Waals surface area contributed by atoms with E-state index in [-0.39, 0.29) is 18.6 Å². The Balaban J connectivity index is 1.47. The van der Waals surface area contributed by atoms with Crippen LogP contribution in [0.5, 0.6) is 11.5 Å². The van der Waals surface area contributed by atoms with Gasteiger partial charge in [-0.05, 0) is 44.9 Å². The first-order chi connectivity index (χ1) is 12.1. The average molecular weight is 341 g/mol. The van der Waals surface area contributed by atoms with Crippen LogP contribution in [0.25, 0.3) is 0 Å². The normalized spacial score (nSPS) is 22.2. The Bertz CT molecular complexity index is 786. The van der Waals surface area contributed by atoms with Crippen LogP contribution in [0, 0.1) is 13.8 Å². The molecule has 2 atom stereocenters. The number of fused-ring (bicyclic) bond motifs is 1. The number of hydrogen-bond donors (Lipinski definition) is 0. The predicted molar refractivity (Wildman–Crippen MR) is 92.8 cm³/mol. The molecule has 1 aromatic heterocycles. The summed E-state index contributed by atoms with van der Waals surface area (Å²) >= 11 is 0. The number of aryl methyl sites for hydroxylation is 2. The lowest BCUT2D eigenvalue weighted by atomic mass is 10.2. The van der Waals surface area contributed by atoms with Crippen LogP contribution in [0.2, 0.25) is 0 Å². The Morgan fingerprint density at radius 1 is 1.28 bits per heavy atom. The number of para-hydroxylation sites is 2. The molecule has 0 radical (unpaired) electrons. The monoisotopic (exact) mass is 341 g/mol. The summed E-state index contributed by atoms with van der Waals surface area (Å²) in [5.74, 6) is 1.35. The van der Waals surface area contributed by atoms with E-state index < -0.39 is 6.10 Å². The molecule has 1 aromatic carbocycles. The second kappa shape index (κ2) is 6.43. The van der Waals surface area contributed by atoms with Gasteiger partial charge in [-0.25, -0.2) is 0 Å². The summed E-state index contributed by atoms with van der Waals surface area (Å²) in [5.41, 5.74) is 2.14. The Morgan fingerprint density at radius 2 is 2.08 bits per heavy atom. The van der Waals surface area contributed by atoms with Gasteiger partial charge in [-0.2, -0.15) is 5.10 Å². The van der Waals surface area contributed by atoms with Gasteiger partial charge in [0.05, 0.1) is 18.3 Å². The van der Waals surface area contributed by atoms with Crippen molar-refractivity contribution in [2.45, 2.75) is 45.4 Å². The van der Waals surface area contributed by atoms with Gasteiger partial charge in [-0.3, -0.25) is 9.48 Å². The lowest BCUT2D eigenvalue weighted by Crippen LogP contribution is -2.49. The van der Waals surface area contributed by atoms with Gasteiger partial charge in [-0.15, -0.1) is 0 Å². The quantitative estimate of drug-likeness (QED) is 0.860. The zero-order valence-corrected chi connectivity index (χ0v) is 14.6. The van der Waals surface area contributed by atoms with Crippen molar-refractivity contribution >= 4 is 5.91 Å². The first-order valence-electron chi connectivity index (χ1n) is 8.82. The number of nitrogens with zero attached hydrogens (tertiary/aromatic N) is 3. The van der Waals surface area contributed by atoms with E-state index in [1.807, 2.05) is 40.8 Å². The number of carbonyl (C=O) groups excluding carboxylic acids is 1.